The van der Waals surface area contributed by atoms with Crippen LogP contribution < -0.4 is 4.72 Å². The van der Waals surface area contributed by atoms with Crippen LogP contribution in [0.3, 0.4) is 0 Å². The lowest BCUT2D eigenvalue weighted by Crippen LogP contribution is -2.13. The van der Waals surface area contributed by atoms with Crippen LogP contribution in [-0.4, -0.2) is 8.42 Å². The zero-order valence-corrected chi connectivity index (χ0v) is 12.6. The van der Waals surface area contributed by atoms with Crippen molar-refractivity contribution in [2.45, 2.75) is 4.90 Å². The summed E-state index contributed by atoms with van der Waals surface area (Å²) in [7, 11) is -3.95. The van der Waals surface area contributed by atoms with Crippen molar-refractivity contribution in [2.24, 2.45) is 0 Å². The second kappa shape index (κ2) is 5.90. The average molecular weight is 345 g/mol. The summed E-state index contributed by atoms with van der Waals surface area (Å²) in [5.74, 6) is -0.579. The smallest absolute Gasteiger partial charge is 0.261 e. The first-order valence-electron chi connectivity index (χ1n) is 5.51. The number of rotatable bonds is 3. The van der Waals surface area contributed by atoms with E-state index in [1.807, 2.05) is 6.07 Å². The van der Waals surface area contributed by atoms with Crippen LogP contribution in [0.25, 0.3) is 0 Å². The largest absolute Gasteiger partial charge is 0.278 e. The molecule has 0 aliphatic heterocycles. The Kier molecular flexibility index (Phi) is 4.37. The molecule has 2 aromatic carbocycles. The van der Waals surface area contributed by atoms with Crippen LogP contribution in [0.15, 0.2) is 41.3 Å². The van der Waals surface area contributed by atoms with Gasteiger partial charge in [0.15, 0.2) is 0 Å². The van der Waals surface area contributed by atoms with Gasteiger partial charge < -0.3 is 0 Å². The summed E-state index contributed by atoms with van der Waals surface area (Å²) in [5.41, 5.74) is 0.203. The number of nitriles is 1. The number of halogens is 3. The fourth-order valence-corrected chi connectivity index (χ4v) is 3.19. The standard InChI is InChI=1S/C13H7Cl2FN2O2S/c14-11-6-10(3-1-8(11)7-17)21(19,20)18-13-4-2-9(16)5-12(13)15/h1-6,18H. The van der Waals surface area contributed by atoms with E-state index in [0.717, 1.165) is 18.2 Å². The molecule has 0 bridgehead atoms. The van der Waals surface area contributed by atoms with Gasteiger partial charge in [0.2, 0.25) is 0 Å². The second-order valence-electron chi connectivity index (χ2n) is 3.98. The van der Waals surface area contributed by atoms with Gasteiger partial charge in [-0.1, -0.05) is 23.2 Å². The maximum Gasteiger partial charge on any atom is 0.261 e. The molecule has 0 saturated heterocycles. The molecule has 0 aromatic heterocycles. The summed E-state index contributed by atoms with van der Waals surface area (Å²) in [6.45, 7) is 0. The van der Waals surface area contributed by atoms with Gasteiger partial charge in [0.25, 0.3) is 10.0 Å². The van der Waals surface area contributed by atoms with E-state index in [1.165, 1.54) is 18.2 Å². The van der Waals surface area contributed by atoms with E-state index in [-0.39, 0.29) is 26.2 Å². The van der Waals surface area contributed by atoms with E-state index < -0.39 is 15.8 Å². The first-order chi connectivity index (χ1) is 9.83. The van der Waals surface area contributed by atoms with Gasteiger partial charge in [0, 0.05) is 0 Å². The van der Waals surface area contributed by atoms with Crippen molar-refractivity contribution in [3.05, 3.63) is 57.8 Å². The third-order valence-electron chi connectivity index (χ3n) is 2.55. The molecular weight excluding hydrogens is 338 g/mol. The highest BCUT2D eigenvalue weighted by atomic mass is 35.5. The summed E-state index contributed by atoms with van der Waals surface area (Å²) in [5, 5.41) is 8.71. The Bertz CT molecular complexity index is 848. The molecule has 0 radical (unpaired) electrons. The maximum absolute atomic E-state index is 12.9. The second-order valence-corrected chi connectivity index (χ2v) is 6.48. The van der Waals surface area contributed by atoms with Gasteiger partial charge >= 0.3 is 0 Å². The molecule has 0 saturated carbocycles. The number of benzene rings is 2. The lowest BCUT2D eigenvalue weighted by molar-refractivity contribution is 0.601. The van der Waals surface area contributed by atoms with Crippen molar-refractivity contribution < 1.29 is 12.8 Å². The molecule has 21 heavy (non-hydrogen) atoms. The third kappa shape index (κ3) is 3.45. The van der Waals surface area contributed by atoms with Gasteiger partial charge in [-0.15, -0.1) is 0 Å². The van der Waals surface area contributed by atoms with Crippen LogP contribution in [0, 0.1) is 17.1 Å². The Morgan fingerprint density at radius 3 is 2.38 bits per heavy atom. The normalized spacial score (nSPS) is 11.0. The summed E-state index contributed by atoms with van der Waals surface area (Å²) >= 11 is 11.6. The molecule has 0 spiro atoms. The number of hydrogen-bond acceptors (Lipinski definition) is 3. The minimum Gasteiger partial charge on any atom is -0.278 e. The predicted octanol–water partition coefficient (Wildman–Crippen LogP) is 3.80. The van der Waals surface area contributed by atoms with Crippen LogP contribution in [0.5, 0.6) is 0 Å². The van der Waals surface area contributed by atoms with Gasteiger partial charge in [0.05, 0.1) is 26.2 Å². The Morgan fingerprint density at radius 1 is 1.10 bits per heavy atom. The number of nitrogens with zero attached hydrogens (tertiary/aromatic N) is 1. The number of sulfonamides is 1. The van der Waals surface area contributed by atoms with Crippen molar-refractivity contribution >= 4 is 38.9 Å². The highest BCUT2D eigenvalue weighted by Crippen LogP contribution is 2.27. The topological polar surface area (TPSA) is 70.0 Å². The molecule has 4 nitrogen and oxygen atoms in total. The van der Waals surface area contributed by atoms with Crippen molar-refractivity contribution in [3.8, 4) is 6.07 Å². The summed E-state index contributed by atoms with van der Waals surface area (Å²) in [4.78, 5) is -0.133. The van der Waals surface area contributed by atoms with Crippen molar-refractivity contribution in [1.29, 1.82) is 5.26 Å². The SMILES string of the molecule is N#Cc1ccc(S(=O)(=O)Nc2ccc(F)cc2Cl)cc1Cl. The average Bonchev–Trinajstić information content (AvgIpc) is 2.42. The van der Waals surface area contributed by atoms with Gasteiger partial charge in [-0.25, -0.2) is 12.8 Å². The van der Waals surface area contributed by atoms with Gasteiger partial charge in [-0.2, -0.15) is 5.26 Å². The first-order valence-corrected chi connectivity index (χ1v) is 7.75. The van der Waals surface area contributed by atoms with Crippen LogP contribution in [-0.2, 0) is 10.0 Å². The summed E-state index contributed by atoms with van der Waals surface area (Å²) < 4.78 is 39.5. The van der Waals surface area contributed by atoms with E-state index in [2.05, 4.69) is 4.72 Å². The Hall–Kier alpha value is -1.81. The van der Waals surface area contributed by atoms with E-state index in [0.29, 0.717) is 0 Å². The highest BCUT2D eigenvalue weighted by Gasteiger charge is 2.17. The monoisotopic (exact) mass is 344 g/mol. The van der Waals surface area contributed by atoms with E-state index in [4.69, 9.17) is 28.5 Å². The Morgan fingerprint density at radius 2 is 1.81 bits per heavy atom. The van der Waals surface area contributed by atoms with Crippen molar-refractivity contribution in [2.75, 3.05) is 4.72 Å². The highest BCUT2D eigenvalue weighted by molar-refractivity contribution is 7.92. The number of anilines is 1. The predicted molar refractivity (Wildman–Crippen MR) is 78.4 cm³/mol. The van der Waals surface area contributed by atoms with Crippen LogP contribution in [0.1, 0.15) is 5.56 Å². The molecule has 0 fully saturated rings. The first kappa shape index (κ1) is 15.6. The molecule has 0 amide bonds. The number of nitrogens with one attached hydrogen (secondary N) is 1. The van der Waals surface area contributed by atoms with Crippen LogP contribution >= 0.6 is 23.2 Å². The molecular formula is C13H7Cl2FN2O2S. The molecule has 1 N–H and O–H groups in total. The minimum absolute atomic E-state index is 0.0191. The third-order valence-corrected chi connectivity index (χ3v) is 4.54. The Labute approximate surface area is 130 Å². The molecule has 108 valence electrons. The van der Waals surface area contributed by atoms with E-state index in [9.17, 15) is 12.8 Å². The lowest BCUT2D eigenvalue weighted by Gasteiger charge is -2.10. The molecule has 8 heteroatoms. The zero-order chi connectivity index (χ0) is 15.6. The molecule has 2 rings (SSSR count). The van der Waals surface area contributed by atoms with Crippen molar-refractivity contribution in [3.63, 3.8) is 0 Å². The summed E-state index contributed by atoms with van der Waals surface area (Å²) in [6.07, 6.45) is 0. The van der Waals surface area contributed by atoms with Crippen molar-refractivity contribution in [1.82, 2.24) is 0 Å². The molecule has 0 unspecified atom stereocenters. The zero-order valence-electron chi connectivity index (χ0n) is 10.3. The van der Waals surface area contributed by atoms with Crippen LogP contribution in [0.2, 0.25) is 10.0 Å². The lowest BCUT2D eigenvalue weighted by atomic mass is 10.2. The molecule has 0 heterocycles. The molecule has 0 aliphatic rings. The minimum atomic E-state index is -3.95. The van der Waals surface area contributed by atoms with E-state index in [1.54, 1.807) is 0 Å². The van der Waals surface area contributed by atoms with Gasteiger partial charge in [0.1, 0.15) is 11.9 Å². The fourth-order valence-electron chi connectivity index (χ4n) is 1.53. The Balaban J connectivity index is 2.39. The number of hydrogen-bond donors (Lipinski definition) is 1. The van der Waals surface area contributed by atoms with Gasteiger partial charge in [-0.3, -0.25) is 4.72 Å². The van der Waals surface area contributed by atoms with E-state index >= 15 is 0 Å². The van der Waals surface area contributed by atoms with Crippen LogP contribution in [0.4, 0.5) is 10.1 Å². The molecule has 2 aromatic rings. The quantitative estimate of drug-likeness (QED) is 0.920. The molecule has 0 aliphatic carbocycles. The van der Waals surface area contributed by atoms with Gasteiger partial charge in [-0.05, 0) is 36.4 Å². The summed E-state index contributed by atoms with van der Waals surface area (Å²) in [6, 6.07) is 8.80. The maximum atomic E-state index is 12.9. The fraction of sp³-hybridized carbons (Fsp3) is 0. The molecule has 0 atom stereocenters.